The molecule has 4 heteroatoms. The molecule has 1 aliphatic heterocycles. The van der Waals surface area contributed by atoms with E-state index in [1.807, 2.05) is 19.2 Å². The van der Waals surface area contributed by atoms with Crippen LogP contribution in [0.2, 0.25) is 0 Å². The third-order valence-corrected chi connectivity index (χ3v) is 2.93. The van der Waals surface area contributed by atoms with Crippen LogP contribution in [0.4, 0.5) is 11.5 Å². The highest BCUT2D eigenvalue weighted by Crippen LogP contribution is 2.22. The Hall–Kier alpha value is -1.29. The molecule has 15 heavy (non-hydrogen) atoms. The van der Waals surface area contributed by atoms with Crippen molar-refractivity contribution in [3.05, 3.63) is 17.8 Å². The molecule has 4 nitrogen and oxygen atoms in total. The van der Waals surface area contributed by atoms with Gasteiger partial charge in [-0.25, -0.2) is 4.98 Å². The van der Waals surface area contributed by atoms with Gasteiger partial charge < -0.3 is 15.4 Å². The molecule has 2 heterocycles. The van der Waals surface area contributed by atoms with E-state index in [-0.39, 0.29) is 0 Å². The van der Waals surface area contributed by atoms with Crippen molar-refractivity contribution in [1.29, 1.82) is 0 Å². The highest BCUT2D eigenvalue weighted by Gasteiger charge is 2.23. The van der Waals surface area contributed by atoms with Gasteiger partial charge in [0.2, 0.25) is 0 Å². The lowest BCUT2D eigenvalue weighted by molar-refractivity contribution is 0.121. The van der Waals surface area contributed by atoms with Gasteiger partial charge in [-0.15, -0.1) is 0 Å². The van der Waals surface area contributed by atoms with E-state index >= 15 is 0 Å². The molecule has 82 valence electrons. The summed E-state index contributed by atoms with van der Waals surface area (Å²) in [5.41, 5.74) is 7.69. The van der Waals surface area contributed by atoms with Crippen LogP contribution < -0.4 is 10.6 Å². The van der Waals surface area contributed by atoms with Crippen molar-refractivity contribution in [3.63, 3.8) is 0 Å². The van der Waals surface area contributed by atoms with E-state index in [4.69, 9.17) is 10.5 Å². The number of pyridine rings is 1. The second kappa shape index (κ2) is 4.06. The first-order valence-electron chi connectivity index (χ1n) is 5.20. The Morgan fingerprint density at radius 2 is 2.40 bits per heavy atom. The van der Waals surface area contributed by atoms with Gasteiger partial charge in [-0.1, -0.05) is 0 Å². The average Bonchev–Trinajstić information content (AvgIpc) is 2.70. The lowest BCUT2D eigenvalue weighted by Gasteiger charge is -2.17. The third-order valence-electron chi connectivity index (χ3n) is 2.93. The number of nitrogens with two attached hydrogens (primary N) is 1. The lowest BCUT2D eigenvalue weighted by Crippen LogP contribution is -2.23. The molecule has 1 aromatic heterocycles. The summed E-state index contributed by atoms with van der Waals surface area (Å²) in [5, 5.41) is 0. The Balaban J connectivity index is 2.13. The van der Waals surface area contributed by atoms with Gasteiger partial charge in [0, 0.05) is 38.1 Å². The molecule has 1 aliphatic rings. The Bertz CT molecular complexity index is 354. The first-order valence-corrected chi connectivity index (χ1v) is 5.20. The minimum atomic E-state index is 0.328. The number of hydrogen-bond acceptors (Lipinski definition) is 4. The minimum Gasteiger partial charge on any atom is -0.398 e. The van der Waals surface area contributed by atoms with Crippen molar-refractivity contribution in [2.24, 2.45) is 0 Å². The van der Waals surface area contributed by atoms with Crippen LogP contribution in [0.15, 0.2) is 12.3 Å². The number of rotatable bonds is 2. The zero-order chi connectivity index (χ0) is 10.8. The van der Waals surface area contributed by atoms with Gasteiger partial charge in [0.15, 0.2) is 0 Å². The summed E-state index contributed by atoms with van der Waals surface area (Å²) in [5.74, 6) is 0.956. The predicted octanol–water partition coefficient (Wildman–Crippen LogP) is 1.20. The van der Waals surface area contributed by atoms with Gasteiger partial charge in [-0.3, -0.25) is 0 Å². The highest BCUT2D eigenvalue weighted by molar-refractivity contribution is 5.55. The van der Waals surface area contributed by atoms with Crippen LogP contribution in [0.25, 0.3) is 0 Å². The molecule has 0 spiro atoms. The van der Waals surface area contributed by atoms with Crippen molar-refractivity contribution in [2.45, 2.75) is 19.4 Å². The maximum Gasteiger partial charge on any atom is 0.130 e. The number of nitrogen functional groups attached to an aromatic ring is 1. The minimum absolute atomic E-state index is 0.328. The van der Waals surface area contributed by atoms with Crippen LogP contribution in [-0.2, 0) is 4.74 Å². The number of aryl methyl sites for hydroxylation is 1. The van der Waals surface area contributed by atoms with E-state index in [1.54, 1.807) is 7.11 Å². The van der Waals surface area contributed by atoms with Gasteiger partial charge in [0.25, 0.3) is 0 Å². The summed E-state index contributed by atoms with van der Waals surface area (Å²) in [6.45, 7) is 3.87. The van der Waals surface area contributed by atoms with E-state index in [0.29, 0.717) is 6.10 Å². The molecule has 2 N–H and O–H groups in total. The van der Waals surface area contributed by atoms with E-state index in [0.717, 1.165) is 36.6 Å². The molecule has 0 radical (unpaired) electrons. The molecule has 1 atom stereocenters. The summed E-state index contributed by atoms with van der Waals surface area (Å²) < 4.78 is 5.32. The van der Waals surface area contributed by atoms with E-state index in [2.05, 4.69) is 9.88 Å². The molecule has 0 aliphatic carbocycles. The first-order chi connectivity index (χ1) is 7.20. The summed E-state index contributed by atoms with van der Waals surface area (Å²) >= 11 is 0. The Labute approximate surface area is 90.0 Å². The Morgan fingerprint density at radius 1 is 1.60 bits per heavy atom. The fraction of sp³-hybridized carbons (Fsp3) is 0.545. The van der Waals surface area contributed by atoms with Gasteiger partial charge in [0.1, 0.15) is 5.82 Å². The highest BCUT2D eigenvalue weighted by atomic mass is 16.5. The van der Waals surface area contributed by atoms with Crippen molar-refractivity contribution in [2.75, 3.05) is 30.8 Å². The fourth-order valence-electron chi connectivity index (χ4n) is 1.83. The number of ether oxygens (including phenoxy) is 1. The van der Waals surface area contributed by atoms with Crippen molar-refractivity contribution >= 4 is 11.5 Å². The molecule has 1 fully saturated rings. The van der Waals surface area contributed by atoms with Crippen LogP contribution >= 0.6 is 0 Å². The number of methoxy groups -OCH3 is 1. The third kappa shape index (κ3) is 2.04. The molecule has 0 aromatic carbocycles. The largest absolute Gasteiger partial charge is 0.398 e. The summed E-state index contributed by atoms with van der Waals surface area (Å²) in [7, 11) is 1.76. The molecule has 0 saturated carbocycles. The maximum absolute atomic E-state index is 5.86. The topological polar surface area (TPSA) is 51.4 Å². The summed E-state index contributed by atoms with van der Waals surface area (Å²) in [6.07, 6.45) is 3.21. The molecular formula is C11H17N3O. The molecule has 1 unspecified atom stereocenters. The smallest absolute Gasteiger partial charge is 0.130 e. The zero-order valence-electron chi connectivity index (χ0n) is 9.23. The standard InChI is InChI=1S/C11H17N3O/c1-8-6-13-11(5-10(8)12)14-4-3-9(7-14)15-2/h5-6,9H,3-4,7H2,1-2H3,(H2,12,13). The monoisotopic (exact) mass is 207 g/mol. The zero-order valence-corrected chi connectivity index (χ0v) is 9.23. The number of hydrogen-bond donors (Lipinski definition) is 1. The molecule has 0 amide bonds. The van der Waals surface area contributed by atoms with Crippen LogP contribution in [0, 0.1) is 6.92 Å². The number of anilines is 2. The van der Waals surface area contributed by atoms with Gasteiger partial charge >= 0.3 is 0 Å². The predicted molar refractivity (Wildman–Crippen MR) is 61.0 cm³/mol. The van der Waals surface area contributed by atoms with E-state index < -0.39 is 0 Å². The maximum atomic E-state index is 5.86. The normalized spacial score (nSPS) is 20.9. The van der Waals surface area contributed by atoms with Crippen LogP contribution in [0.1, 0.15) is 12.0 Å². The fourth-order valence-corrected chi connectivity index (χ4v) is 1.83. The lowest BCUT2D eigenvalue weighted by atomic mass is 10.2. The van der Waals surface area contributed by atoms with E-state index in [1.165, 1.54) is 0 Å². The van der Waals surface area contributed by atoms with E-state index in [9.17, 15) is 0 Å². The molecule has 1 saturated heterocycles. The van der Waals surface area contributed by atoms with Crippen LogP contribution in [-0.4, -0.2) is 31.3 Å². The average molecular weight is 207 g/mol. The molecule has 1 aromatic rings. The van der Waals surface area contributed by atoms with Crippen molar-refractivity contribution in [3.8, 4) is 0 Å². The Morgan fingerprint density at radius 3 is 3.00 bits per heavy atom. The second-order valence-electron chi connectivity index (χ2n) is 3.99. The Kier molecular flexibility index (Phi) is 2.77. The van der Waals surface area contributed by atoms with Gasteiger partial charge in [-0.2, -0.15) is 0 Å². The second-order valence-corrected chi connectivity index (χ2v) is 3.99. The summed E-state index contributed by atoms with van der Waals surface area (Å²) in [6, 6.07) is 1.94. The molecule has 0 bridgehead atoms. The van der Waals surface area contributed by atoms with Crippen LogP contribution in [0.3, 0.4) is 0 Å². The number of nitrogens with zero attached hydrogens (tertiary/aromatic N) is 2. The van der Waals surface area contributed by atoms with Crippen LogP contribution in [0.5, 0.6) is 0 Å². The quantitative estimate of drug-likeness (QED) is 0.791. The summed E-state index contributed by atoms with van der Waals surface area (Å²) in [4.78, 5) is 6.59. The first kappa shape index (κ1) is 10.2. The molecule has 2 rings (SSSR count). The van der Waals surface area contributed by atoms with Gasteiger partial charge in [0.05, 0.1) is 6.10 Å². The SMILES string of the molecule is COC1CCN(c2cc(N)c(C)cn2)C1. The van der Waals surface area contributed by atoms with Crippen molar-refractivity contribution < 1.29 is 4.74 Å². The number of aromatic nitrogens is 1. The van der Waals surface area contributed by atoms with Crippen molar-refractivity contribution in [1.82, 2.24) is 4.98 Å². The molecular weight excluding hydrogens is 190 g/mol. The van der Waals surface area contributed by atoms with Gasteiger partial charge in [-0.05, 0) is 18.9 Å².